The number of unbranched alkanes of at least 4 members (excludes halogenated alkanes) is 2. The summed E-state index contributed by atoms with van der Waals surface area (Å²) in [6.45, 7) is 3.17. The van der Waals surface area contributed by atoms with E-state index in [1.54, 1.807) is 0 Å². The van der Waals surface area contributed by atoms with Crippen LogP contribution in [-0.2, 0) is 9.53 Å². The van der Waals surface area contributed by atoms with Crippen LogP contribution in [0, 0.1) is 11.3 Å². The number of hydrogen-bond donors (Lipinski definition) is 1. The molecule has 74 valence electrons. The Labute approximate surface area is 78.9 Å². The number of nitriles is 1. The minimum Gasteiger partial charge on any atom is -0.372 e. The molecule has 0 aliphatic rings. The van der Waals surface area contributed by atoms with Crippen LogP contribution in [0.15, 0.2) is 0 Å². The quantitative estimate of drug-likeness (QED) is 0.596. The summed E-state index contributed by atoms with van der Waals surface area (Å²) >= 11 is 0. The van der Waals surface area contributed by atoms with Gasteiger partial charge in [0.2, 0.25) is 5.91 Å². The number of carbonyl (C=O) groups is 1. The number of nitrogens with one attached hydrogen (secondary N) is 1. The summed E-state index contributed by atoms with van der Waals surface area (Å²) in [4.78, 5) is 10.9. The number of amides is 1. The molecule has 0 spiro atoms. The van der Waals surface area contributed by atoms with Gasteiger partial charge in [-0.15, -0.1) is 0 Å². The van der Waals surface area contributed by atoms with E-state index in [0.29, 0.717) is 19.6 Å². The molecule has 0 heterocycles. The van der Waals surface area contributed by atoms with Crippen molar-refractivity contribution in [2.24, 2.45) is 0 Å². The van der Waals surface area contributed by atoms with Gasteiger partial charge in [-0.05, 0) is 19.8 Å². The molecule has 4 heteroatoms. The van der Waals surface area contributed by atoms with Crippen LogP contribution in [0.2, 0.25) is 0 Å². The lowest BCUT2D eigenvalue weighted by Crippen LogP contribution is -2.28. The highest BCUT2D eigenvalue weighted by molar-refractivity contribution is 5.77. The maximum absolute atomic E-state index is 10.9. The molecule has 1 N–H and O–H groups in total. The van der Waals surface area contributed by atoms with Crippen LogP contribution in [0.3, 0.4) is 0 Å². The van der Waals surface area contributed by atoms with E-state index in [0.717, 1.165) is 12.8 Å². The molecule has 0 aliphatic carbocycles. The fraction of sp³-hybridized carbons (Fsp3) is 0.778. The zero-order chi connectivity index (χ0) is 9.94. The van der Waals surface area contributed by atoms with Crippen LogP contribution in [0.5, 0.6) is 0 Å². The number of carbonyl (C=O) groups excluding carboxylic acids is 1. The summed E-state index contributed by atoms with van der Waals surface area (Å²) in [5.41, 5.74) is 0. The van der Waals surface area contributed by atoms with Crippen molar-refractivity contribution in [3.05, 3.63) is 0 Å². The predicted octanol–water partition coefficient (Wildman–Crippen LogP) is 0.833. The zero-order valence-corrected chi connectivity index (χ0v) is 8.01. The first-order chi connectivity index (χ1) is 6.31. The first kappa shape index (κ1) is 11.9. The maximum Gasteiger partial charge on any atom is 0.245 e. The summed E-state index contributed by atoms with van der Waals surface area (Å²) in [7, 11) is 0. The van der Waals surface area contributed by atoms with Gasteiger partial charge in [-0.2, -0.15) is 5.26 Å². The average Bonchev–Trinajstić information content (AvgIpc) is 2.14. The summed E-state index contributed by atoms with van der Waals surface area (Å²) in [6.07, 6.45) is 2.25. The topological polar surface area (TPSA) is 62.1 Å². The minimum atomic E-state index is -0.0844. The van der Waals surface area contributed by atoms with Crippen LogP contribution in [0.4, 0.5) is 0 Å². The Bertz CT molecular complexity index is 175. The number of hydrogen-bond acceptors (Lipinski definition) is 3. The molecule has 0 aromatic heterocycles. The van der Waals surface area contributed by atoms with Gasteiger partial charge >= 0.3 is 0 Å². The molecule has 13 heavy (non-hydrogen) atoms. The molecular formula is C9H16N2O2. The molecule has 4 nitrogen and oxygen atoms in total. The van der Waals surface area contributed by atoms with Crippen molar-refractivity contribution in [3.8, 4) is 6.07 Å². The Morgan fingerprint density at radius 1 is 1.54 bits per heavy atom. The van der Waals surface area contributed by atoms with Gasteiger partial charge < -0.3 is 10.1 Å². The van der Waals surface area contributed by atoms with E-state index in [4.69, 9.17) is 10.00 Å². The van der Waals surface area contributed by atoms with Crippen molar-refractivity contribution in [2.45, 2.75) is 26.2 Å². The van der Waals surface area contributed by atoms with Crippen molar-refractivity contribution in [3.63, 3.8) is 0 Å². The normalized spacial score (nSPS) is 9.23. The second-order valence-electron chi connectivity index (χ2n) is 2.60. The van der Waals surface area contributed by atoms with Crippen LogP contribution in [0.25, 0.3) is 0 Å². The highest BCUT2D eigenvalue weighted by atomic mass is 16.5. The molecular weight excluding hydrogens is 168 g/mol. The van der Waals surface area contributed by atoms with Gasteiger partial charge in [-0.3, -0.25) is 4.79 Å². The zero-order valence-electron chi connectivity index (χ0n) is 8.01. The van der Waals surface area contributed by atoms with Crippen molar-refractivity contribution in [1.29, 1.82) is 5.26 Å². The van der Waals surface area contributed by atoms with E-state index >= 15 is 0 Å². The maximum atomic E-state index is 10.9. The summed E-state index contributed by atoms with van der Waals surface area (Å²) in [6, 6.07) is 2.05. The third kappa shape index (κ3) is 8.83. The minimum absolute atomic E-state index is 0.0844. The number of ether oxygens (including phenoxy) is 1. The van der Waals surface area contributed by atoms with E-state index < -0.39 is 0 Å². The lowest BCUT2D eigenvalue weighted by Gasteiger charge is -2.03. The van der Waals surface area contributed by atoms with Gasteiger partial charge in [0.05, 0.1) is 6.07 Å². The van der Waals surface area contributed by atoms with Gasteiger partial charge in [0.15, 0.2) is 0 Å². The van der Waals surface area contributed by atoms with Gasteiger partial charge in [0, 0.05) is 19.6 Å². The molecule has 0 atom stereocenters. The van der Waals surface area contributed by atoms with E-state index in [2.05, 4.69) is 11.4 Å². The Kier molecular flexibility index (Phi) is 8.26. The van der Waals surface area contributed by atoms with Crippen LogP contribution in [-0.4, -0.2) is 25.7 Å². The van der Waals surface area contributed by atoms with Crippen LogP contribution < -0.4 is 5.32 Å². The molecule has 0 saturated carbocycles. The third-order valence-corrected chi connectivity index (χ3v) is 1.47. The molecule has 0 aromatic rings. The lowest BCUT2D eigenvalue weighted by molar-refractivity contribution is -0.125. The first-order valence-corrected chi connectivity index (χ1v) is 4.52. The van der Waals surface area contributed by atoms with E-state index in [9.17, 15) is 4.79 Å². The number of rotatable bonds is 7. The van der Waals surface area contributed by atoms with Crippen molar-refractivity contribution in [1.82, 2.24) is 5.32 Å². The summed E-state index contributed by atoms with van der Waals surface area (Å²) < 4.78 is 4.91. The molecule has 0 unspecified atom stereocenters. The Balaban J connectivity index is 3.13. The van der Waals surface area contributed by atoms with Gasteiger partial charge in [0.25, 0.3) is 0 Å². The van der Waals surface area contributed by atoms with E-state index in [1.165, 1.54) is 0 Å². The van der Waals surface area contributed by atoms with Crippen LogP contribution in [0.1, 0.15) is 26.2 Å². The molecule has 0 aromatic carbocycles. The lowest BCUT2D eigenvalue weighted by atomic mass is 10.2. The largest absolute Gasteiger partial charge is 0.372 e. The third-order valence-electron chi connectivity index (χ3n) is 1.47. The van der Waals surface area contributed by atoms with E-state index in [1.807, 2.05) is 6.92 Å². The molecule has 0 rings (SSSR count). The van der Waals surface area contributed by atoms with Gasteiger partial charge in [0.1, 0.15) is 6.61 Å². The van der Waals surface area contributed by atoms with Gasteiger partial charge in [-0.1, -0.05) is 0 Å². The summed E-state index contributed by atoms with van der Waals surface area (Å²) in [5, 5.41) is 10.9. The fourth-order valence-corrected chi connectivity index (χ4v) is 0.803. The average molecular weight is 184 g/mol. The molecule has 0 saturated heterocycles. The predicted molar refractivity (Wildman–Crippen MR) is 49.0 cm³/mol. The highest BCUT2D eigenvalue weighted by Crippen LogP contribution is 1.91. The Hall–Kier alpha value is -1.08. The molecule has 0 radical (unpaired) electrons. The molecule has 1 amide bonds. The monoisotopic (exact) mass is 184 g/mol. The Morgan fingerprint density at radius 2 is 2.31 bits per heavy atom. The van der Waals surface area contributed by atoms with Crippen LogP contribution >= 0.6 is 0 Å². The Morgan fingerprint density at radius 3 is 2.92 bits per heavy atom. The van der Waals surface area contributed by atoms with Crippen molar-refractivity contribution < 1.29 is 9.53 Å². The first-order valence-electron chi connectivity index (χ1n) is 4.52. The summed E-state index contributed by atoms with van der Waals surface area (Å²) in [5.74, 6) is -0.0844. The second kappa shape index (κ2) is 9.01. The standard InChI is InChI=1S/C9H16N2O2/c1-2-13-8-9(12)11-7-5-3-4-6-10/h2-5,7-8H2,1H3,(H,11,12). The molecule has 0 bridgehead atoms. The van der Waals surface area contributed by atoms with E-state index in [-0.39, 0.29) is 12.5 Å². The number of nitrogens with zero attached hydrogens (tertiary/aromatic N) is 1. The van der Waals surface area contributed by atoms with Crippen molar-refractivity contribution in [2.75, 3.05) is 19.8 Å². The fourth-order valence-electron chi connectivity index (χ4n) is 0.803. The molecule has 0 aliphatic heterocycles. The smallest absolute Gasteiger partial charge is 0.245 e. The van der Waals surface area contributed by atoms with Crippen molar-refractivity contribution >= 4 is 5.91 Å². The molecule has 0 fully saturated rings. The SMILES string of the molecule is CCOCC(=O)NCCCCC#N. The highest BCUT2D eigenvalue weighted by Gasteiger charge is 1.98. The second-order valence-corrected chi connectivity index (χ2v) is 2.60. The van der Waals surface area contributed by atoms with Gasteiger partial charge in [-0.25, -0.2) is 0 Å².